The minimum Gasteiger partial charge on any atom is -0.453 e. The SMILES string of the molecule is COC(=O)N[C@@]12CCC(C)(C)C[C@H]1[C@H]1C(=O)C=C3[C@](C)(CC[C@H]4C(C)(C)C(=O)C(C#N)=C[C@]34C)[C@]1(C)CC2. The smallest absolute Gasteiger partial charge is 0.407 e. The third kappa shape index (κ3) is 3.32. The Labute approximate surface area is 227 Å². The number of ether oxygens (including phenoxy) is 1. The number of methoxy groups -OCH3 is 1. The van der Waals surface area contributed by atoms with Crippen molar-refractivity contribution in [1.82, 2.24) is 5.32 Å². The molecule has 0 aromatic carbocycles. The molecule has 5 aliphatic rings. The van der Waals surface area contributed by atoms with Crippen LogP contribution in [0.4, 0.5) is 4.79 Å². The quantitative estimate of drug-likeness (QED) is 0.437. The molecular formula is C32H44N2O4. The maximum atomic E-state index is 14.4. The highest BCUT2D eigenvalue weighted by molar-refractivity contribution is 6.04. The lowest BCUT2D eigenvalue weighted by atomic mass is 9.35. The van der Waals surface area contributed by atoms with Gasteiger partial charge in [-0.15, -0.1) is 0 Å². The third-order valence-corrected chi connectivity index (χ3v) is 12.4. The van der Waals surface area contributed by atoms with E-state index in [-0.39, 0.29) is 51.1 Å². The van der Waals surface area contributed by atoms with Gasteiger partial charge >= 0.3 is 6.09 Å². The van der Waals surface area contributed by atoms with Crippen molar-refractivity contribution in [2.45, 2.75) is 99.0 Å². The third-order valence-electron chi connectivity index (χ3n) is 12.4. The van der Waals surface area contributed by atoms with Gasteiger partial charge in [-0.05, 0) is 79.1 Å². The minimum absolute atomic E-state index is 0.0198. The normalized spacial score (nSPS) is 44.7. The second-order valence-electron chi connectivity index (χ2n) is 15.0. The van der Waals surface area contributed by atoms with Crippen LogP contribution in [0.3, 0.4) is 0 Å². The topological polar surface area (TPSA) is 96.3 Å². The van der Waals surface area contributed by atoms with Crippen molar-refractivity contribution in [3.63, 3.8) is 0 Å². The number of hydrogen-bond acceptors (Lipinski definition) is 5. The van der Waals surface area contributed by atoms with Crippen LogP contribution >= 0.6 is 0 Å². The first-order valence-electron chi connectivity index (χ1n) is 14.3. The van der Waals surface area contributed by atoms with Crippen molar-refractivity contribution in [1.29, 1.82) is 5.26 Å². The van der Waals surface area contributed by atoms with Crippen molar-refractivity contribution in [2.75, 3.05) is 7.11 Å². The number of nitrogens with one attached hydrogen (secondary N) is 1. The van der Waals surface area contributed by atoms with Gasteiger partial charge in [0.2, 0.25) is 0 Å². The largest absolute Gasteiger partial charge is 0.453 e. The molecule has 0 aromatic rings. The summed E-state index contributed by atoms with van der Waals surface area (Å²) in [5, 5.41) is 13.1. The fourth-order valence-electron chi connectivity index (χ4n) is 10.1. The summed E-state index contributed by atoms with van der Waals surface area (Å²) < 4.78 is 5.06. The van der Waals surface area contributed by atoms with Crippen LogP contribution in [-0.2, 0) is 14.3 Å². The number of carbonyl (C=O) groups is 3. The summed E-state index contributed by atoms with van der Waals surface area (Å²) in [5.74, 6) is -0.101. The van der Waals surface area contributed by atoms with E-state index >= 15 is 0 Å². The number of nitriles is 1. The molecule has 0 heterocycles. The Morgan fingerprint density at radius 1 is 1.03 bits per heavy atom. The van der Waals surface area contributed by atoms with E-state index in [1.807, 2.05) is 26.0 Å². The monoisotopic (exact) mass is 520 g/mol. The van der Waals surface area contributed by atoms with E-state index in [4.69, 9.17) is 4.74 Å². The van der Waals surface area contributed by atoms with Crippen LogP contribution in [0.5, 0.6) is 0 Å². The van der Waals surface area contributed by atoms with Gasteiger partial charge in [0.1, 0.15) is 6.07 Å². The van der Waals surface area contributed by atoms with Crippen molar-refractivity contribution in [3.05, 3.63) is 23.3 Å². The van der Waals surface area contributed by atoms with Crippen LogP contribution in [0.1, 0.15) is 93.4 Å². The van der Waals surface area contributed by atoms with Gasteiger partial charge in [0.15, 0.2) is 11.6 Å². The number of amides is 1. The summed E-state index contributed by atoms with van der Waals surface area (Å²) in [4.78, 5) is 40.2. The van der Waals surface area contributed by atoms with Crippen molar-refractivity contribution < 1.29 is 19.1 Å². The molecule has 0 aromatic heterocycles. The van der Waals surface area contributed by atoms with E-state index in [1.54, 1.807) is 0 Å². The first-order valence-corrected chi connectivity index (χ1v) is 14.3. The van der Waals surface area contributed by atoms with Gasteiger partial charge in [-0.3, -0.25) is 9.59 Å². The molecule has 206 valence electrons. The predicted octanol–water partition coefficient (Wildman–Crippen LogP) is 6.31. The Balaban J connectivity index is 1.68. The molecule has 3 saturated carbocycles. The van der Waals surface area contributed by atoms with Crippen LogP contribution < -0.4 is 5.32 Å². The summed E-state index contributed by atoms with van der Waals surface area (Å²) >= 11 is 0. The molecule has 6 heteroatoms. The van der Waals surface area contributed by atoms with Gasteiger partial charge in [-0.25, -0.2) is 4.79 Å². The number of Topliss-reactive ketones (excluding diaryl/α,β-unsaturated/α-hetero) is 1. The number of fused-ring (bicyclic) bond motifs is 7. The Morgan fingerprint density at radius 2 is 1.68 bits per heavy atom. The van der Waals surface area contributed by atoms with Crippen molar-refractivity contribution in [3.8, 4) is 6.07 Å². The molecule has 0 saturated heterocycles. The lowest BCUT2D eigenvalue weighted by Gasteiger charge is -2.69. The second-order valence-corrected chi connectivity index (χ2v) is 15.0. The number of hydrogen-bond donors (Lipinski definition) is 1. The molecule has 38 heavy (non-hydrogen) atoms. The Morgan fingerprint density at radius 3 is 2.32 bits per heavy atom. The molecule has 6 nitrogen and oxygen atoms in total. The maximum Gasteiger partial charge on any atom is 0.407 e. The van der Waals surface area contributed by atoms with E-state index in [2.05, 4.69) is 46.0 Å². The van der Waals surface area contributed by atoms with Crippen LogP contribution in [0, 0.1) is 56.2 Å². The fourth-order valence-corrected chi connectivity index (χ4v) is 10.1. The van der Waals surface area contributed by atoms with E-state index in [0.717, 1.165) is 50.5 Å². The summed E-state index contributed by atoms with van der Waals surface area (Å²) in [5.41, 5.74) is -0.812. The summed E-state index contributed by atoms with van der Waals surface area (Å²) in [7, 11) is 1.40. The zero-order valence-corrected chi connectivity index (χ0v) is 24.4. The molecular weight excluding hydrogens is 476 g/mol. The maximum absolute atomic E-state index is 14.4. The number of carbonyl (C=O) groups excluding carboxylic acids is 3. The highest BCUT2D eigenvalue weighted by Crippen LogP contribution is 2.73. The van der Waals surface area contributed by atoms with Gasteiger partial charge in [-0.1, -0.05) is 60.1 Å². The lowest BCUT2D eigenvalue weighted by Crippen LogP contribution is -2.69. The molecule has 1 N–H and O–H groups in total. The molecule has 0 bridgehead atoms. The number of nitrogens with zero attached hydrogens (tertiary/aromatic N) is 1. The molecule has 3 fully saturated rings. The minimum atomic E-state index is -0.670. The molecule has 0 unspecified atom stereocenters. The number of alkyl carbamates (subject to hydrolysis) is 1. The predicted molar refractivity (Wildman–Crippen MR) is 145 cm³/mol. The summed E-state index contributed by atoms with van der Waals surface area (Å²) in [6.45, 7) is 15.3. The van der Waals surface area contributed by atoms with Gasteiger partial charge in [0.05, 0.1) is 12.7 Å². The highest BCUT2D eigenvalue weighted by atomic mass is 16.5. The standard InChI is InChI=1S/C32H44N2O4/c1-27(2)11-13-32(34-26(37)38-8)14-12-31(7)24(20(32)17-27)21(35)15-23-29(5)16-19(18-33)25(36)28(3,4)22(29)9-10-30(23,31)6/h15-16,20,22,24H,9-14,17H2,1-8H3,(H,34,37)/t20-,22-,24-,29-,30-,31+,32+/m0/s1. The molecule has 5 rings (SSSR count). The first-order chi connectivity index (χ1) is 17.5. The Hall–Kier alpha value is -2.42. The van der Waals surface area contributed by atoms with Crippen LogP contribution in [0.15, 0.2) is 23.3 Å². The molecule has 0 spiro atoms. The number of ketones is 2. The zero-order chi connectivity index (χ0) is 28.1. The Kier molecular flexibility index (Phi) is 5.76. The summed E-state index contributed by atoms with van der Waals surface area (Å²) in [6.07, 6.45) is 9.52. The van der Waals surface area contributed by atoms with Crippen molar-refractivity contribution >= 4 is 17.7 Å². The first kappa shape index (κ1) is 27.2. The van der Waals surface area contributed by atoms with E-state index < -0.39 is 22.5 Å². The van der Waals surface area contributed by atoms with Crippen LogP contribution in [-0.4, -0.2) is 30.3 Å². The lowest BCUT2D eigenvalue weighted by molar-refractivity contribution is -0.160. The van der Waals surface area contributed by atoms with Crippen molar-refractivity contribution in [2.24, 2.45) is 44.8 Å². The second kappa shape index (κ2) is 8.05. The Bertz CT molecular complexity index is 1220. The van der Waals surface area contributed by atoms with Crippen LogP contribution in [0.25, 0.3) is 0 Å². The van der Waals surface area contributed by atoms with E-state index in [9.17, 15) is 19.6 Å². The number of rotatable bonds is 1. The average Bonchev–Trinajstić information content (AvgIpc) is 2.83. The molecule has 5 aliphatic carbocycles. The van der Waals surface area contributed by atoms with E-state index in [0.29, 0.717) is 0 Å². The van der Waals surface area contributed by atoms with E-state index in [1.165, 1.54) is 7.11 Å². The molecule has 0 aliphatic heterocycles. The van der Waals surface area contributed by atoms with Gasteiger partial charge in [-0.2, -0.15) is 5.26 Å². The molecule has 0 radical (unpaired) electrons. The highest BCUT2D eigenvalue weighted by Gasteiger charge is 2.70. The van der Waals surface area contributed by atoms with Crippen LogP contribution in [0.2, 0.25) is 0 Å². The summed E-state index contributed by atoms with van der Waals surface area (Å²) in [6, 6.07) is 2.17. The zero-order valence-electron chi connectivity index (χ0n) is 24.4. The molecule has 7 atom stereocenters. The fraction of sp³-hybridized carbons (Fsp3) is 0.750. The van der Waals surface area contributed by atoms with Gasteiger partial charge in [0.25, 0.3) is 0 Å². The average molecular weight is 521 g/mol. The number of allylic oxidation sites excluding steroid dienone is 4. The van der Waals surface area contributed by atoms with Gasteiger partial charge < -0.3 is 10.1 Å². The van der Waals surface area contributed by atoms with Gasteiger partial charge in [0, 0.05) is 22.3 Å². The molecule has 1 amide bonds.